The maximum Gasteiger partial charge on any atom is 0.272 e. The molecule has 0 unspecified atom stereocenters. The molecule has 0 atom stereocenters. The summed E-state index contributed by atoms with van der Waals surface area (Å²) in [6.45, 7) is 4.28. The monoisotopic (exact) mass is 564 g/mol. The Morgan fingerprint density at radius 3 is 2.07 bits per heavy atom. The summed E-state index contributed by atoms with van der Waals surface area (Å²) in [6, 6.07) is 37.2. The lowest BCUT2D eigenvalue weighted by molar-refractivity contribution is -0.113. The van der Waals surface area contributed by atoms with Gasteiger partial charge >= 0.3 is 0 Å². The van der Waals surface area contributed by atoms with Crippen LogP contribution in [0.3, 0.4) is 0 Å². The summed E-state index contributed by atoms with van der Waals surface area (Å²) in [5.41, 5.74) is 4.51. The van der Waals surface area contributed by atoms with E-state index in [0.717, 1.165) is 21.9 Å². The van der Waals surface area contributed by atoms with Gasteiger partial charge in [0.15, 0.2) is 5.78 Å². The molecule has 5 aromatic rings. The number of allylic oxidation sites excluding steroid dienone is 1. The summed E-state index contributed by atoms with van der Waals surface area (Å²) in [6.07, 6.45) is 5.01. The zero-order valence-electron chi connectivity index (χ0n) is 24.1. The highest BCUT2D eigenvalue weighted by Gasteiger charge is 2.16. The van der Waals surface area contributed by atoms with E-state index in [1.807, 2.05) is 60.7 Å². The third-order valence-corrected chi connectivity index (χ3v) is 7.11. The van der Waals surface area contributed by atoms with Gasteiger partial charge in [-0.3, -0.25) is 14.4 Å². The summed E-state index contributed by atoms with van der Waals surface area (Å²) in [5.74, 6) is -0.573. The number of carbonyl (C=O) groups excluding carboxylic acids is 3. The third kappa shape index (κ3) is 7.40. The minimum Gasteiger partial charge on any atom is -0.321 e. The summed E-state index contributed by atoms with van der Waals surface area (Å²) >= 11 is 0. The van der Waals surface area contributed by atoms with Crippen LogP contribution in [-0.4, -0.2) is 17.6 Å². The molecule has 0 saturated heterocycles. The van der Waals surface area contributed by atoms with E-state index in [2.05, 4.69) is 36.6 Å². The van der Waals surface area contributed by atoms with Crippen molar-refractivity contribution < 1.29 is 14.4 Å². The first kappa shape index (κ1) is 29.0. The van der Waals surface area contributed by atoms with Crippen LogP contribution in [0.25, 0.3) is 22.9 Å². The number of anilines is 1. The second-order valence-corrected chi connectivity index (χ2v) is 10.5. The minimum absolute atomic E-state index is 0.0942. The predicted molar refractivity (Wildman–Crippen MR) is 175 cm³/mol. The van der Waals surface area contributed by atoms with E-state index in [0.29, 0.717) is 22.7 Å². The van der Waals surface area contributed by atoms with Crippen LogP contribution in [-0.2, 0) is 4.79 Å². The molecule has 0 fully saturated rings. The van der Waals surface area contributed by atoms with E-state index >= 15 is 0 Å². The van der Waals surface area contributed by atoms with Crippen LogP contribution in [0.5, 0.6) is 0 Å². The van der Waals surface area contributed by atoms with Gasteiger partial charge in [0.25, 0.3) is 11.8 Å². The van der Waals surface area contributed by atoms with Gasteiger partial charge in [-0.1, -0.05) is 105 Å². The Hall–Kier alpha value is -5.55. The van der Waals surface area contributed by atoms with E-state index < -0.39 is 11.8 Å². The van der Waals surface area contributed by atoms with Crippen LogP contribution in [0, 0.1) is 0 Å². The maximum absolute atomic E-state index is 13.5. The highest BCUT2D eigenvalue weighted by molar-refractivity contribution is 6.12. The van der Waals surface area contributed by atoms with Crippen molar-refractivity contribution in [2.75, 3.05) is 5.32 Å². The van der Waals surface area contributed by atoms with Gasteiger partial charge in [-0.15, -0.1) is 0 Å². The predicted octanol–water partition coefficient (Wildman–Crippen LogP) is 8.27. The zero-order chi connectivity index (χ0) is 30.2. The van der Waals surface area contributed by atoms with E-state index in [-0.39, 0.29) is 11.5 Å². The Kier molecular flexibility index (Phi) is 9.03. The lowest BCUT2D eigenvalue weighted by Crippen LogP contribution is -2.30. The molecule has 5 aromatic carbocycles. The van der Waals surface area contributed by atoms with Gasteiger partial charge < -0.3 is 10.6 Å². The molecular weight excluding hydrogens is 532 g/mol. The fraction of sp³-hybridized carbons (Fsp3) is 0.0789. The molecule has 2 N–H and O–H groups in total. The number of carbonyl (C=O) groups is 3. The molecule has 0 aliphatic heterocycles. The second-order valence-electron chi connectivity index (χ2n) is 10.5. The average molecular weight is 565 g/mol. The molecule has 43 heavy (non-hydrogen) atoms. The molecule has 0 saturated carbocycles. The number of hydrogen-bond acceptors (Lipinski definition) is 3. The van der Waals surface area contributed by atoms with Crippen molar-refractivity contribution in [3.8, 4) is 0 Å². The topological polar surface area (TPSA) is 75.3 Å². The van der Waals surface area contributed by atoms with Crippen LogP contribution in [0.4, 0.5) is 5.69 Å². The molecule has 212 valence electrons. The first-order valence-corrected chi connectivity index (χ1v) is 14.2. The van der Waals surface area contributed by atoms with Gasteiger partial charge in [-0.05, 0) is 81.9 Å². The number of nitrogens with one attached hydrogen (secondary N) is 2. The van der Waals surface area contributed by atoms with E-state index in [9.17, 15) is 14.4 Å². The van der Waals surface area contributed by atoms with Gasteiger partial charge in [0.1, 0.15) is 5.70 Å². The second kappa shape index (κ2) is 13.4. The van der Waals surface area contributed by atoms with Crippen molar-refractivity contribution in [1.29, 1.82) is 0 Å². The van der Waals surface area contributed by atoms with Crippen LogP contribution in [0.2, 0.25) is 0 Å². The fourth-order valence-corrected chi connectivity index (χ4v) is 4.65. The highest BCUT2D eigenvalue weighted by Crippen LogP contribution is 2.22. The van der Waals surface area contributed by atoms with Crippen LogP contribution >= 0.6 is 0 Å². The Morgan fingerprint density at radius 1 is 0.674 bits per heavy atom. The normalized spacial score (nSPS) is 11.6. The molecule has 0 aromatic heterocycles. The molecule has 0 spiro atoms. The van der Waals surface area contributed by atoms with Crippen molar-refractivity contribution in [3.63, 3.8) is 0 Å². The van der Waals surface area contributed by atoms with Gasteiger partial charge in [-0.2, -0.15) is 0 Å². The van der Waals surface area contributed by atoms with Crippen LogP contribution in [0.15, 0.2) is 133 Å². The van der Waals surface area contributed by atoms with Gasteiger partial charge in [0, 0.05) is 16.8 Å². The maximum atomic E-state index is 13.5. The van der Waals surface area contributed by atoms with Crippen molar-refractivity contribution >= 4 is 46.2 Å². The standard InChI is InChI=1S/C38H32N2O3/c1-26(2)28-18-15-27(16-19-28)17-24-36(41)30-20-22-33(23-21-30)39-38(43)35(40-37(42)31-10-4-3-5-11-31)25-32-13-8-12-29-9-6-7-14-34(29)32/h3-26H,1-2H3,(H,39,43)(H,40,42)/b24-17+,35-25-. The summed E-state index contributed by atoms with van der Waals surface area (Å²) < 4.78 is 0. The number of fused-ring (bicyclic) bond motifs is 1. The lowest BCUT2D eigenvalue weighted by Gasteiger charge is -2.12. The van der Waals surface area contributed by atoms with Crippen molar-refractivity contribution in [2.24, 2.45) is 0 Å². The molecule has 0 heterocycles. The first-order chi connectivity index (χ1) is 20.9. The smallest absolute Gasteiger partial charge is 0.272 e. The van der Waals surface area contributed by atoms with Gasteiger partial charge in [-0.25, -0.2) is 0 Å². The third-order valence-electron chi connectivity index (χ3n) is 7.11. The zero-order valence-corrected chi connectivity index (χ0v) is 24.1. The van der Waals surface area contributed by atoms with E-state index in [4.69, 9.17) is 0 Å². The molecule has 0 aliphatic rings. The molecule has 2 amide bonds. The quantitative estimate of drug-likeness (QED) is 0.140. The number of benzene rings is 5. The molecule has 5 rings (SSSR count). The molecule has 0 aliphatic carbocycles. The average Bonchev–Trinajstić information content (AvgIpc) is 3.04. The summed E-state index contributed by atoms with van der Waals surface area (Å²) in [5, 5.41) is 7.61. The number of rotatable bonds is 9. The minimum atomic E-state index is -0.485. The lowest BCUT2D eigenvalue weighted by atomic mass is 10.0. The summed E-state index contributed by atoms with van der Waals surface area (Å²) in [7, 11) is 0. The molecule has 5 nitrogen and oxygen atoms in total. The number of ketones is 1. The largest absolute Gasteiger partial charge is 0.321 e. The van der Waals surface area contributed by atoms with Gasteiger partial charge in [0.05, 0.1) is 0 Å². The Morgan fingerprint density at radius 2 is 1.35 bits per heavy atom. The number of hydrogen-bond donors (Lipinski definition) is 2. The summed E-state index contributed by atoms with van der Waals surface area (Å²) in [4.78, 5) is 39.3. The molecular formula is C38H32N2O3. The molecule has 5 heteroatoms. The first-order valence-electron chi connectivity index (χ1n) is 14.2. The highest BCUT2D eigenvalue weighted by atomic mass is 16.2. The SMILES string of the molecule is CC(C)c1ccc(/C=C/C(=O)c2ccc(NC(=O)/C(=C/c3cccc4ccccc34)NC(=O)c3ccccc3)cc2)cc1. The number of amides is 2. The Bertz CT molecular complexity index is 1810. The Labute approximate surface area is 251 Å². The fourth-order valence-electron chi connectivity index (χ4n) is 4.65. The van der Waals surface area contributed by atoms with E-state index in [1.165, 1.54) is 5.56 Å². The van der Waals surface area contributed by atoms with E-state index in [1.54, 1.807) is 66.8 Å². The molecule has 0 radical (unpaired) electrons. The van der Waals surface area contributed by atoms with Crippen molar-refractivity contribution in [2.45, 2.75) is 19.8 Å². The van der Waals surface area contributed by atoms with Crippen LogP contribution < -0.4 is 10.6 Å². The Balaban J connectivity index is 1.34. The van der Waals surface area contributed by atoms with Crippen LogP contribution in [0.1, 0.15) is 57.2 Å². The van der Waals surface area contributed by atoms with Crippen molar-refractivity contribution in [1.82, 2.24) is 5.32 Å². The molecule has 0 bridgehead atoms. The van der Waals surface area contributed by atoms with Crippen molar-refractivity contribution in [3.05, 3.63) is 161 Å². The van der Waals surface area contributed by atoms with Gasteiger partial charge in [0.2, 0.25) is 0 Å².